The number of rotatable bonds is 2. The first-order valence-electron chi connectivity index (χ1n) is 7.47. The van der Waals surface area contributed by atoms with Crippen LogP contribution >= 0.6 is 0 Å². The van der Waals surface area contributed by atoms with E-state index in [4.69, 9.17) is 5.41 Å². The van der Waals surface area contributed by atoms with Crippen LogP contribution in [0.5, 0.6) is 0 Å². The van der Waals surface area contributed by atoms with E-state index < -0.39 is 0 Å². The van der Waals surface area contributed by atoms with Crippen molar-refractivity contribution in [3.8, 4) is 0 Å². The molecule has 3 aromatic rings. The minimum atomic E-state index is -0.195. The molecule has 23 heavy (non-hydrogen) atoms. The molecule has 2 N–H and O–H groups in total. The van der Waals surface area contributed by atoms with Crippen molar-refractivity contribution >= 4 is 22.5 Å². The van der Waals surface area contributed by atoms with Crippen LogP contribution in [0.25, 0.3) is 10.8 Å². The van der Waals surface area contributed by atoms with Gasteiger partial charge in [-0.15, -0.1) is 0 Å². The summed E-state index contributed by atoms with van der Waals surface area (Å²) < 4.78 is 0. The van der Waals surface area contributed by atoms with Gasteiger partial charge in [0.1, 0.15) is 5.84 Å². The summed E-state index contributed by atoms with van der Waals surface area (Å²) >= 11 is 0. The predicted molar refractivity (Wildman–Crippen MR) is 90.2 cm³/mol. The van der Waals surface area contributed by atoms with E-state index in [1.54, 1.807) is 5.01 Å². The van der Waals surface area contributed by atoms with E-state index in [9.17, 15) is 4.79 Å². The Hall–Kier alpha value is -3.14. The number of carbonyl (C=O) groups is 1. The van der Waals surface area contributed by atoms with Gasteiger partial charge in [0.15, 0.2) is 0 Å². The van der Waals surface area contributed by atoms with E-state index in [1.165, 1.54) is 0 Å². The number of hydrogen-bond acceptors (Lipinski definition) is 2. The molecule has 0 unspecified atom stereocenters. The quantitative estimate of drug-likeness (QED) is 0.763. The Bertz CT molecular complexity index is 927. The van der Waals surface area contributed by atoms with Gasteiger partial charge < -0.3 is 0 Å². The highest BCUT2D eigenvalue weighted by Crippen LogP contribution is 2.22. The van der Waals surface area contributed by atoms with E-state index in [0.29, 0.717) is 17.9 Å². The van der Waals surface area contributed by atoms with Gasteiger partial charge in [-0.05, 0) is 22.4 Å². The first-order chi connectivity index (χ1) is 11.2. The maximum Gasteiger partial charge on any atom is 0.270 e. The van der Waals surface area contributed by atoms with Gasteiger partial charge in [-0.25, -0.2) is 0 Å². The van der Waals surface area contributed by atoms with Gasteiger partial charge in [0, 0.05) is 11.1 Å². The zero-order valence-corrected chi connectivity index (χ0v) is 12.4. The molecule has 1 aliphatic rings. The molecular weight excluding hydrogens is 286 g/mol. The molecule has 4 heteroatoms. The van der Waals surface area contributed by atoms with Gasteiger partial charge >= 0.3 is 0 Å². The molecule has 1 amide bonds. The minimum Gasteiger partial charge on any atom is -0.283 e. The van der Waals surface area contributed by atoms with Crippen LogP contribution in [0, 0.1) is 5.41 Å². The number of amidine groups is 1. The van der Waals surface area contributed by atoms with Crippen LogP contribution in [0.2, 0.25) is 0 Å². The Balaban J connectivity index is 1.63. The highest BCUT2D eigenvalue weighted by atomic mass is 16.2. The summed E-state index contributed by atoms with van der Waals surface area (Å²) in [6.07, 6.45) is 0. The highest BCUT2D eigenvalue weighted by Gasteiger charge is 2.25. The minimum absolute atomic E-state index is 0.195. The van der Waals surface area contributed by atoms with Gasteiger partial charge in [0.2, 0.25) is 0 Å². The Labute approximate surface area is 133 Å². The Morgan fingerprint density at radius 2 is 1.70 bits per heavy atom. The molecule has 0 atom stereocenters. The summed E-state index contributed by atoms with van der Waals surface area (Å²) in [6.45, 7) is 0.519. The zero-order valence-electron chi connectivity index (χ0n) is 12.4. The van der Waals surface area contributed by atoms with Crippen LogP contribution < -0.4 is 5.43 Å². The highest BCUT2D eigenvalue weighted by molar-refractivity contribution is 6.08. The number of nitrogens with one attached hydrogen (secondary N) is 2. The number of fused-ring (bicyclic) bond motifs is 2. The van der Waals surface area contributed by atoms with E-state index in [2.05, 4.69) is 5.43 Å². The number of carbonyl (C=O) groups excluding carboxylic acids is 1. The van der Waals surface area contributed by atoms with Crippen LogP contribution in [0.1, 0.15) is 21.5 Å². The maximum atomic E-state index is 12.7. The monoisotopic (exact) mass is 301 g/mol. The number of hydrogen-bond donors (Lipinski definition) is 2. The van der Waals surface area contributed by atoms with Crippen molar-refractivity contribution in [2.45, 2.75) is 6.54 Å². The third kappa shape index (κ3) is 2.25. The smallest absolute Gasteiger partial charge is 0.270 e. The zero-order chi connectivity index (χ0) is 15.8. The molecule has 1 heterocycles. The Morgan fingerprint density at radius 1 is 0.957 bits per heavy atom. The second kappa shape index (κ2) is 5.25. The van der Waals surface area contributed by atoms with E-state index in [1.807, 2.05) is 66.7 Å². The summed E-state index contributed by atoms with van der Waals surface area (Å²) in [6, 6.07) is 21.2. The van der Waals surface area contributed by atoms with Crippen molar-refractivity contribution in [3.63, 3.8) is 0 Å². The van der Waals surface area contributed by atoms with Crippen LogP contribution in [0.15, 0.2) is 66.7 Å². The lowest BCUT2D eigenvalue weighted by Crippen LogP contribution is -2.42. The summed E-state index contributed by atoms with van der Waals surface area (Å²) in [5.41, 5.74) is 5.39. The summed E-state index contributed by atoms with van der Waals surface area (Å²) in [5.74, 6) is 0.133. The molecule has 0 spiro atoms. The Kier molecular flexibility index (Phi) is 3.08. The van der Waals surface area contributed by atoms with E-state index in [-0.39, 0.29) is 5.91 Å². The van der Waals surface area contributed by atoms with Gasteiger partial charge in [0.25, 0.3) is 5.91 Å². The lowest BCUT2D eigenvalue weighted by Gasteiger charge is -2.19. The molecule has 112 valence electrons. The number of amides is 1. The summed E-state index contributed by atoms with van der Waals surface area (Å²) in [5, 5.41) is 11.8. The standard InChI is InChI=1S/C19H15N3O/c20-18-16-10-4-2-7-14(16)12-22(18)21-19(23)17-11-5-8-13-6-1-3-9-15(13)17/h1-11,20H,12H2,(H,21,23). The van der Waals surface area contributed by atoms with E-state index >= 15 is 0 Å². The normalized spacial score (nSPS) is 13.2. The fourth-order valence-electron chi connectivity index (χ4n) is 2.99. The van der Waals surface area contributed by atoms with Crippen LogP contribution in [-0.4, -0.2) is 16.8 Å². The fraction of sp³-hybridized carbons (Fsp3) is 0.0526. The van der Waals surface area contributed by atoms with Crippen molar-refractivity contribution in [3.05, 3.63) is 83.4 Å². The fourth-order valence-corrected chi connectivity index (χ4v) is 2.99. The second-order valence-corrected chi connectivity index (χ2v) is 5.56. The molecule has 0 aromatic heterocycles. The average molecular weight is 301 g/mol. The lowest BCUT2D eigenvalue weighted by molar-refractivity contribution is 0.0871. The van der Waals surface area contributed by atoms with Gasteiger partial charge in [-0.1, -0.05) is 60.7 Å². The topological polar surface area (TPSA) is 56.2 Å². The second-order valence-electron chi connectivity index (χ2n) is 5.56. The van der Waals surface area contributed by atoms with Crippen LogP contribution in [0.4, 0.5) is 0 Å². The molecule has 0 fully saturated rings. The first-order valence-corrected chi connectivity index (χ1v) is 7.47. The van der Waals surface area contributed by atoms with Gasteiger partial charge in [-0.3, -0.25) is 20.6 Å². The molecule has 4 rings (SSSR count). The van der Waals surface area contributed by atoms with Gasteiger partial charge in [-0.2, -0.15) is 0 Å². The van der Waals surface area contributed by atoms with Crippen molar-refractivity contribution in [2.75, 3.05) is 0 Å². The maximum absolute atomic E-state index is 12.7. The molecular formula is C19H15N3O. The summed E-state index contributed by atoms with van der Waals surface area (Å²) in [7, 11) is 0. The number of hydrazine groups is 1. The average Bonchev–Trinajstić information content (AvgIpc) is 2.90. The molecule has 0 saturated carbocycles. The van der Waals surface area contributed by atoms with Crippen molar-refractivity contribution < 1.29 is 4.79 Å². The molecule has 0 radical (unpaired) electrons. The largest absolute Gasteiger partial charge is 0.283 e. The van der Waals surface area contributed by atoms with Crippen molar-refractivity contribution in [2.24, 2.45) is 0 Å². The third-order valence-corrected chi connectivity index (χ3v) is 4.14. The van der Waals surface area contributed by atoms with Crippen molar-refractivity contribution in [1.29, 1.82) is 5.41 Å². The summed E-state index contributed by atoms with van der Waals surface area (Å²) in [4.78, 5) is 12.7. The molecule has 0 saturated heterocycles. The molecule has 1 aliphatic heterocycles. The van der Waals surface area contributed by atoms with Crippen LogP contribution in [0.3, 0.4) is 0 Å². The van der Waals surface area contributed by atoms with Crippen molar-refractivity contribution in [1.82, 2.24) is 10.4 Å². The first kappa shape index (κ1) is 13.5. The van der Waals surface area contributed by atoms with Crippen LogP contribution in [-0.2, 0) is 6.54 Å². The van der Waals surface area contributed by atoms with E-state index in [0.717, 1.165) is 21.9 Å². The lowest BCUT2D eigenvalue weighted by atomic mass is 10.0. The third-order valence-electron chi connectivity index (χ3n) is 4.14. The number of nitrogens with zero attached hydrogens (tertiary/aromatic N) is 1. The predicted octanol–water partition coefficient (Wildman–Crippen LogP) is 3.33. The van der Waals surface area contributed by atoms with Gasteiger partial charge in [0.05, 0.1) is 6.54 Å². The molecule has 3 aromatic carbocycles. The number of benzene rings is 3. The molecule has 0 aliphatic carbocycles. The Morgan fingerprint density at radius 3 is 2.57 bits per heavy atom. The molecule has 0 bridgehead atoms. The molecule has 4 nitrogen and oxygen atoms in total. The SMILES string of the molecule is N=C1c2ccccc2CN1NC(=O)c1cccc2ccccc12.